The third-order valence-electron chi connectivity index (χ3n) is 5.85. The quantitative estimate of drug-likeness (QED) is 0.769. The Morgan fingerprint density at radius 2 is 1.86 bits per heavy atom. The summed E-state index contributed by atoms with van der Waals surface area (Å²) in [5, 5.41) is 11.1. The zero-order valence-electron chi connectivity index (χ0n) is 16.6. The lowest BCUT2D eigenvalue weighted by molar-refractivity contribution is 0.382. The lowest BCUT2D eigenvalue weighted by Crippen LogP contribution is -2.19. The first-order valence-electron chi connectivity index (χ1n) is 10.3. The van der Waals surface area contributed by atoms with E-state index in [2.05, 4.69) is 4.72 Å². The van der Waals surface area contributed by atoms with Crippen molar-refractivity contribution in [3.05, 3.63) is 57.1 Å². The number of rotatable bonds is 5. The van der Waals surface area contributed by atoms with Crippen LogP contribution in [-0.2, 0) is 22.9 Å². The van der Waals surface area contributed by atoms with E-state index in [0.29, 0.717) is 29.9 Å². The van der Waals surface area contributed by atoms with Crippen molar-refractivity contribution in [3.8, 4) is 5.75 Å². The molecule has 0 aliphatic heterocycles. The Kier molecular flexibility index (Phi) is 5.42. The minimum atomic E-state index is -3.40. The van der Waals surface area contributed by atoms with Gasteiger partial charge >= 0.3 is 5.63 Å². The molecule has 0 amide bonds. The second-order valence-electron chi connectivity index (χ2n) is 8.28. The topological polar surface area (TPSA) is 96.6 Å². The summed E-state index contributed by atoms with van der Waals surface area (Å²) < 4.78 is 31.4. The van der Waals surface area contributed by atoms with Crippen LogP contribution in [0.3, 0.4) is 0 Å². The van der Waals surface area contributed by atoms with Crippen molar-refractivity contribution in [2.24, 2.45) is 5.92 Å². The lowest BCUT2D eigenvalue weighted by Gasteiger charge is -2.21. The lowest BCUT2D eigenvalue weighted by atomic mass is 9.85. The zero-order valence-corrected chi connectivity index (χ0v) is 17.4. The normalized spacial score (nSPS) is 18.4. The number of benzene rings is 1. The third kappa shape index (κ3) is 4.50. The highest BCUT2D eigenvalue weighted by Gasteiger charge is 2.38. The van der Waals surface area contributed by atoms with Crippen molar-refractivity contribution in [2.75, 3.05) is 11.0 Å². The molecule has 2 N–H and O–H groups in total. The Labute approximate surface area is 171 Å². The first kappa shape index (κ1) is 20.0. The molecule has 1 aromatic carbocycles. The maximum absolute atomic E-state index is 12.9. The Hall–Kier alpha value is -2.28. The third-order valence-corrected chi connectivity index (χ3v) is 6.45. The van der Waals surface area contributed by atoms with E-state index in [0.717, 1.165) is 55.9 Å². The highest BCUT2D eigenvalue weighted by Crippen LogP contribution is 2.49. The summed E-state index contributed by atoms with van der Waals surface area (Å²) in [6.45, 7) is 0. The second-order valence-corrected chi connectivity index (χ2v) is 10.0. The maximum atomic E-state index is 12.9. The van der Waals surface area contributed by atoms with Gasteiger partial charge < -0.3 is 9.52 Å². The van der Waals surface area contributed by atoms with Crippen LogP contribution in [0.2, 0.25) is 0 Å². The van der Waals surface area contributed by atoms with Crippen molar-refractivity contribution < 1.29 is 17.9 Å². The molecule has 2 aromatic rings. The largest absolute Gasteiger partial charge is 0.507 e. The first-order valence-corrected chi connectivity index (χ1v) is 12.2. The van der Waals surface area contributed by atoms with Crippen molar-refractivity contribution in [3.63, 3.8) is 0 Å². The molecule has 29 heavy (non-hydrogen) atoms. The van der Waals surface area contributed by atoms with Crippen LogP contribution in [0, 0.1) is 5.92 Å². The van der Waals surface area contributed by atoms with Crippen molar-refractivity contribution in [1.29, 1.82) is 0 Å². The molecular weight excluding hydrogens is 390 g/mol. The van der Waals surface area contributed by atoms with Crippen LogP contribution in [0.1, 0.15) is 66.9 Å². The van der Waals surface area contributed by atoms with Crippen LogP contribution in [0.15, 0.2) is 33.5 Å². The molecule has 0 spiro atoms. The molecule has 1 heterocycles. The SMILES string of the molecule is CS(=O)(=O)Nc1cccc(C(c2c(O)c3c(oc2=O)CCCCCC3)C2CC2)c1. The fourth-order valence-corrected chi connectivity index (χ4v) is 4.96. The molecule has 1 aromatic heterocycles. The fraction of sp³-hybridized carbons (Fsp3) is 0.500. The number of hydrogen-bond acceptors (Lipinski definition) is 5. The van der Waals surface area contributed by atoms with E-state index >= 15 is 0 Å². The number of fused-ring (bicyclic) bond motifs is 1. The standard InChI is InChI=1S/C22H27NO5S/c1-29(26,27)23-16-8-6-7-15(13-16)19(14-11-12-14)20-21(24)17-9-4-2-3-5-10-18(17)28-22(20)25/h6-8,13-14,19,23-24H,2-5,9-12H2,1H3. The van der Waals surface area contributed by atoms with Crippen LogP contribution >= 0.6 is 0 Å². The molecule has 1 atom stereocenters. The number of sulfonamides is 1. The Morgan fingerprint density at radius 3 is 2.55 bits per heavy atom. The molecule has 2 aliphatic carbocycles. The van der Waals surface area contributed by atoms with Crippen LogP contribution < -0.4 is 10.3 Å². The van der Waals surface area contributed by atoms with E-state index in [1.807, 2.05) is 6.07 Å². The van der Waals surface area contributed by atoms with E-state index in [1.54, 1.807) is 18.2 Å². The molecule has 4 rings (SSSR count). The minimum Gasteiger partial charge on any atom is -0.507 e. The molecule has 1 unspecified atom stereocenters. The monoisotopic (exact) mass is 417 g/mol. The van der Waals surface area contributed by atoms with Crippen molar-refractivity contribution in [1.82, 2.24) is 0 Å². The van der Waals surface area contributed by atoms with Gasteiger partial charge in [0.05, 0.1) is 11.8 Å². The Morgan fingerprint density at radius 1 is 1.14 bits per heavy atom. The van der Waals surface area contributed by atoms with Gasteiger partial charge in [-0.25, -0.2) is 13.2 Å². The number of anilines is 1. The van der Waals surface area contributed by atoms with E-state index in [-0.39, 0.29) is 17.6 Å². The van der Waals surface area contributed by atoms with Crippen LogP contribution in [0.25, 0.3) is 0 Å². The van der Waals surface area contributed by atoms with E-state index in [1.165, 1.54) is 0 Å². The summed E-state index contributed by atoms with van der Waals surface area (Å²) in [5.41, 5.74) is 1.89. The zero-order chi connectivity index (χ0) is 20.6. The summed E-state index contributed by atoms with van der Waals surface area (Å²) >= 11 is 0. The van der Waals surface area contributed by atoms with Crippen molar-refractivity contribution >= 4 is 15.7 Å². The number of nitrogens with one attached hydrogen (secondary N) is 1. The summed E-state index contributed by atoms with van der Waals surface area (Å²) in [6, 6.07) is 7.08. The molecule has 156 valence electrons. The van der Waals surface area contributed by atoms with Gasteiger partial charge in [0.2, 0.25) is 10.0 Å². The predicted octanol–water partition coefficient (Wildman–Crippen LogP) is 3.92. The molecule has 1 saturated carbocycles. The fourth-order valence-electron chi connectivity index (χ4n) is 4.41. The molecule has 7 heteroatoms. The minimum absolute atomic E-state index is 0.0801. The summed E-state index contributed by atoms with van der Waals surface area (Å²) in [5.74, 6) is 0.640. The average Bonchev–Trinajstić information content (AvgIpc) is 3.44. The molecule has 1 fully saturated rings. The molecule has 6 nitrogen and oxygen atoms in total. The van der Waals surface area contributed by atoms with Crippen LogP contribution in [0.4, 0.5) is 5.69 Å². The summed E-state index contributed by atoms with van der Waals surface area (Å²) in [4.78, 5) is 12.9. The highest BCUT2D eigenvalue weighted by atomic mass is 32.2. The molecule has 0 saturated heterocycles. The van der Waals surface area contributed by atoms with Crippen molar-refractivity contribution in [2.45, 2.75) is 57.3 Å². The Balaban J connectivity index is 1.80. The molecular formula is C22H27NO5S. The first-order chi connectivity index (χ1) is 13.8. The van der Waals surface area contributed by atoms with Gasteiger partial charge in [-0.2, -0.15) is 0 Å². The highest BCUT2D eigenvalue weighted by molar-refractivity contribution is 7.92. The van der Waals surface area contributed by atoms with E-state index in [4.69, 9.17) is 4.42 Å². The van der Waals surface area contributed by atoms with Crippen LogP contribution in [-0.4, -0.2) is 19.8 Å². The number of hydrogen-bond donors (Lipinski definition) is 2. The van der Waals surface area contributed by atoms with Gasteiger partial charge in [-0.3, -0.25) is 4.72 Å². The molecule has 0 bridgehead atoms. The molecule has 2 aliphatic rings. The predicted molar refractivity (Wildman–Crippen MR) is 112 cm³/mol. The number of aromatic hydroxyl groups is 1. The smallest absolute Gasteiger partial charge is 0.343 e. The Bertz CT molecular complexity index is 1070. The van der Waals surface area contributed by atoms with Gasteiger partial charge in [0.25, 0.3) is 0 Å². The van der Waals surface area contributed by atoms with Crippen LogP contribution in [0.5, 0.6) is 5.75 Å². The van der Waals surface area contributed by atoms with Gasteiger partial charge in [0, 0.05) is 23.6 Å². The second kappa shape index (κ2) is 7.86. The van der Waals surface area contributed by atoms with Gasteiger partial charge in [0.15, 0.2) is 0 Å². The van der Waals surface area contributed by atoms with Gasteiger partial charge in [-0.1, -0.05) is 25.0 Å². The van der Waals surface area contributed by atoms with Gasteiger partial charge in [-0.15, -0.1) is 0 Å². The molecule has 0 radical (unpaired) electrons. The van der Waals surface area contributed by atoms with E-state index < -0.39 is 15.6 Å². The maximum Gasteiger partial charge on any atom is 0.343 e. The number of aryl methyl sites for hydroxylation is 1. The summed E-state index contributed by atoms with van der Waals surface area (Å²) in [7, 11) is -3.40. The average molecular weight is 418 g/mol. The van der Waals surface area contributed by atoms with Gasteiger partial charge in [-0.05, 0) is 55.7 Å². The van der Waals surface area contributed by atoms with Gasteiger partial charge in [0.1, 0.15) is 11.5 Å². The van der Waals surface area contributed by atoms with E-state index in [9.17, 15) is 18.3 Å². The summed E-state index contributed by atoms with van der Waals surface area (Å²) in [6.07, 6.45) is 8.57.